The van der Waals surface area contributed by atoms with Gasteiger partial charge in [0.15, 0.2) is 11.5 Å². The summed E-state index contributed by atoms with van der Waals surface area (Å²) >= 11 is 0. The van der Waals surface area contributed by atoms with Crippen molar-refractivity contribution in [2.45, 2.75) is 25.3 Å². The third kappa shape index (κ3) is 3.55. The van der Waals surface area contributed by atoms with Crippen molar-refractivity contribution >= 4 is 11.5 Å². The third-order valence-corrected chi connectivity index (χ3v) is 5.09. The molecule has 1 aliphatic rings. The van der Waals surface area contributed by atoms with Crippen LogP contribution in [0.1, 0.15) is 30.3 Å². The smallest absolute Gasteiger partial charge is 0.266 e. The van der Waals surface area contributed by atoms with Gasteiger partial charge in [0.1, 0.15) is 5.82 Å². The van der Waals surface area contributed by atoms with Gasteiger partial charge in [-0.15, -0.1) is 15.3 Å². The summed E-state index contributed by atoms with van der Waals surface area (Å²) in [5.74, 6) is 2.17. The fraction of sp³-hybridized carbons (Fsp3) is 0.500. The first-order valence-corrected chi connectivity index (χ1v) is 9.16. The van der Waals surface area contributed by atoms with Gasteiger partial charge in [0.05, 0.1) is 5.69 Å². The van der Waals surface area contributed by atoms with Crippen molar-refractivity contribution in [1.29, 1.82) is 0 Å². The van der Waals surface area contributed by atoms with E-state index < -0.39 is 0 Å². The van der Waals surface area contributed by atoms with Gasteiger partial charge in [-0.3, -0.25) is 9.69 Å². The Morgan fingerprint density at radius 3 is 2.56 bits per heavy atom. The fourth-order valence-electron chi connectivity index (χ4n) is 3.50. The van der Waals surface area contributed by atoms with Crippen molar-refractivity contribution in [3.05, 3.63) is 46.1 Å². The lowest BCUT2D eigenvalue weighted by Gasteiger charge is -2.30. The monoisotopic (exact) mass is 368 g/mol. The van der Waals surface area contributed by atoms with E-state index in [4.69, 9.17) is 0 Å². The minimum atomic E-state index is -0.0827. The Hall–Kier alpha value is -2.81. The molecule has 0 bridgehead atoms. The molecular formula is C18H24N8O. The molecule has 1 saturated heterocycles. The first-order valence-electron chi connectivity index (χ1n) is 9.16. The van der Waals surface area contributed by atoms with Crippen molar-refractivity contribution in [3.8, 4) is 0 Å². The molecule has 0 atom stereocenters. The average molecular weight is 368 g/mol. The molecule has 0 N–H and O–H groups in total. The number of aryl methyl sites for hydroxylation is 1. The number of aromatic nitrogens is 6. The highest BCUT2D eigenvalue weighted by molar-refractivity contribution is 5.45. The predicted molar refractivity (Wildman–Crippen MR) is 102 cm³/mol. The first kappa shape index (κ1) is 17.6. The van der Waals surface area contributed by atoms with E-state index >= 15 is 0 Å². The van der Waals surface area contributed by atoms with E-state index in [-0.39, 0.29) is 5.56 Å². The summed E-state index contributed by atoms with van der Waals surface area (Å²) in [6.07, 6.45) is 2.00. The molecule has 0 aliphatic carbocycles. The molecular weight excluding hydrogens is 344 g/mol. The normalized spacial score (nSPS) is 16.1. The van der Waals surface area contributed by atoms with Gasteiger partial charge < -0.3 is 4.90 Å². The second-order valence-electron chi connectivity index (χ2n) is 7.25. The number of nitrogens with zero attached hydrogens (tertiary/aromatic N) is 8. The number of likely N-dealkylation sites (tertiary alicyclic amines) is 1. The lowest BCUT2D eigenvalue weighted by molar-refractivity contribution is 0.197. The first-order chi connectivity index (χ1) is 13.0. The Bertz CT molecular complexity index is 1000. The second kappa shape index (κ2) is 7.07. The summed E-state index contributed by atoms with van der Waals surface area (Å²) < 4.78 is 3.27. The molecule has 0 radical (unpaired) electrons. The Balaban J connectivity index is 1.46. The van der Waals surface area contributed by atoms with Crippen LogP contribution in [0.5, 0.6) is 0 Å². The molecule has 4 rings (SSSR count). The quantitative estimate of drug-likeness (QED) is 0.669. The summed E-state index contributed by atoms with van der Waals surface area (Å²) in [6.45, 7) is 2.67. The minimum Gasteiger partial charge on any atom is -0.361 e. The number of hydrogen-bond acceptors (Lipinski definition) is 7. The van der Waals surface area contributed by atoms with Gasteiger partial charge >= 0.3 is 0 Å². The molecule has 0 unspecified atom stereocenters. The van der Waals surface area contributed by atoms with E-state index in [0.717, 1.165) is 55.5 Å². The largest absolute Gasteiger partial charge is 0.361 e. The third-order valence-electron chi connectivity index (χ3n) is 5.09. The van der Waals surface area contributed by atoms with Crippen LogP contribution in [0.25, 0.3) is 5.65 Å². The number of fused-ring (bicyclic) bond motifs is 1. The van der Waals surface area contributed by atoms with Crippen LogP contribution in [-0.4, -0.2) is 61.7 Å². The number of anilines is 1. The fourth-order valence-corrected chi connectivity index (χ4v) is 3.50. The van der Waals surface area contributed by atoms with Crippen LogP contribution in [-0.2, 0) is 13.6 Å². The van der Waals surface area contributed by atoms with Crippen LogP contribution in [0, 0.1) is 0 Å². The van der Waals surface area contributed by atoms with Crippen molar-refractivity contribution in [1.82, 2.24) is 34.5 Å². The van der Waals surface area contributed by atoms with Crippen LogP contribution in [0.15, 0.2) is 29.1 Å². The standard InChI is InChI=1S/C18H24N8O/c1-23(2)16-6-5-15-19-20-18(26(15)22-16)13-8-10-25(11-9-13)12-14-4-7-17(27)24(3)21-14/h4-7,13H,8-12H2,1-3H3. The van der Waals surface area contributed by atoms with Crippen LogP contribution in [0.2, 0.25) is 0 Å². The minimum absolute atomic E-state index is 0.0827. The Labute approximate surface area is 157 Å². The summed E-state index contributed by atoms with van der Waals surface area (Å²) in [4.78, 5) is 15.8. The van der Waals surface area contributed by atoms with Crippen molar-refractivity contribution in [2.24, 2.45) is 7.05 Å². The SMILES string of the molecule is CN(C)c1ccc2nnc(C3CCN(Cc4ccc(=O)n(C)n4)CC3)n2n1. The Kier molecular flexibility index (Phi) is 4.61. The summed E-state index contributed by atoms with van der Waals surface area (Å²) in [5.41, 5.74) is 1.62. The van der Waals surface area contributed by atoms with Gasteiger partial charge in [-0.1, -0.05) is 0 Å². The molecule has 0 spiro atoms. The van der Waals surface area contributed by atoms with E-state index in [9.17, 15) is 4.79 Å². The van der Waals surface area contributed by atoms with Gasteiger partial charge in [-0.2, -0.15) is 9.61 Å². The molecule has 0 amide bonds. The molecule has 3 aromatic rings. The summed E-state index contributed by atoms with van der Waals surface area (Å²) in [5, 5.41) is 17.7. The molecule has 142 valence electrons. The second-order valence-corrected chi connectivity index (χ2v) is 7.25. The van der Waals surface area contributed by atoms with Gasteiger partial charge in [-0.05, 0) is 44.1 Å². The molecule has 4 heterocycles. The van der Waals surface area contributed by atoms with E-state index in [1.807, 2.05) is 41.7 Å². The molecule has 3 aromatic heterocycles. The highest BCUT2D eigenvalue weighted by Crippen LogP contribution is 2.27. The van der Waals surface area contributed by atoms with Gasteiger partial charge in [0, 0.05) is 39.7 Å². The zero-order valence-electron chi connectivity index (χ0n) is 15.9. The van der Waals surface area contributed by atoms with Crippen LogP contribution in [0.4, 0.5) is 5.82 Å². The molecule has 0 aromatic carbocycles. The van der Waals surface area contributed by atoms with E-state index in [1.54, 1.807) is 13.1 Å². The Morgan fingerprint density at radius 1 is 1.07 bits per heavy atom. The number of hydrogen-bond donors (Lipinski definition) is 0. The topological polar surface area (TPSA) is 84.5 Å². The summed E-state index contributed by atoms with van der Waals surface area (Å²) in [6, 6.07) is 7.30. The maximum absolute atomic E-state index is 11.5. The number of rotatable bonds is 4. The van der Waals surface area contributed by atoms with E-state index in [2.05, 4.69) is 25.3 Å². The van der Waals surface area contributed by atoms with Crippen LogP contribution >= 0.6 is 0 Å². The Morgan fingerprint density at radius 2 is 1.85 bits per heavy atom. The predicted octanol–water partition coefficient (Wildman–Crippen LogP) is 0.664. The van der Waals surface area contributed by atoms with Crippen molar-refractivity contribution in [2.75, 3.05) is 32.1 Å². The highest BCUT2D eigenvalue weighted by Gasteiger charge is 2.25. The summed E-state index contributed by atoms with van der Waals surface area (Å²) in [7, 11) is 5.64. The maximum atomic E-state index is 11.5. The van der Waals surface area contributed by atoms with Crippen LogP contribution < -0.4 is 10.5 Å². The van der Waals surface area contributed by atoms with Gasteiger partial charge in [0.2, 0.25) is 0 Å². The lowest BCUT2D eigenvalue weighted by atomic mass is 9.96. The molecule has 1 fully saturated rings. The highest BCUT2D eigenvalue weighted by atomic mass is 16.1. The van der Waals surface area contributed by atoms with Crippen molar-refractivity contribution < 1.29 is 0 Å². The lowest BCUT2D eigenvalue weighted by Crippen LogP contribution is -2.34. The zero-order valence-corrected chi connectivity index (χ0v) is 15.9. The number of piperidine rings is 1. The zero-order chi connectivity index (χ0) is 19.0. The van der Waals surface area contributed by atoms with Gasteiger partial charge in [-0.25, -0.2) is 4.68 Å². The molecule has 27 heavy (non-hydrogen) atoms. The van der Waals surface area contributed by atoms with E-state index in [0.29, 0.717) is 5.92 Å². The average Bonchev–Trinajstić information content (AvgIpc) is 3.08. The van der Waals surface area contributed by atoms with E-state index in [1.165, 1.54) is 4.68 Å². The molecule has 0 saturated carbocycles. The molecule has 1 aliphatic heterocycles. The van der Waals surface area contributed by atoms with Crippen molar-refractivity contribution in [3.63, 3.8) is 0 Å². The van der Waals surface area contributed by atoms with Gasteiger partial charge in [0.25, 0.3) is 5.56 Å². The maximum Gasteiger partial charge on any atom is 0.266 e. The molecule has 9 nitrogen and oxygen atoms in total. The van der Waals surface area contributed by atoms with Crippen LogP contribution in [0.3, 0.4) is 0 Å². The molecule has 9 heteroatoms.